The molecular weight excluding hydrogens is 434 g/mol. The van der Waals surface area contributed by atoms with Gasteiger partial charge in [-0.05, 0) is 55.3 Å². The van der Waals surface area contributed by atoms with Gasteiger partial charge >= 0.3 is 5.69 Å². The van der Waals surface area contributed by atoms with Gasteiger partial charge in [0.25, 0.3) is 5.56 Å². The predicted molar refractivity (Wildman–Crippen MR) is 126 cm³/mol. The van der Waals surface area contributed by atoms with Crippen molar-refractivity contribution in [2.24, 2.45) is 0 Å². The van der Waals surface area contributed by atoms with Crippen molar-refractivity contribution in [1.82, 2.24) is 9.13 Å². The second-order valence-electron chi connectivity index (χ2n) is 7.16. The number of hydrogen-bond acceptors (Lipinski definition) is 4. The van der Waals surface area contributed by atoms with Gasteiger partial charge < -0.3 is 5.32 Å². The molecule has 8 heteroatoms. The third-order valence-electron chi connectivity index (χ3n) is 4.95. The lowest BCUT2D eigenvalue weighted by Crippen LogP contribution is -2.40. The fourth-order valence-electron chi connectivity index (χ4n) is 3.42. The molecule has 2 aromatic carbocycles. The monoisotopic (exact) mass is 453 g/mol. The number of thiophene rings is 1. The fraction of sp³-hybridized carbons (Fsp3) is 0.174. The van der Waals surface area contributed by atoms with Gasteiger partial charge in [-0.2, -0.15) is 0 Å². The maximum atomic E-state index is 13.3. The summed E-state index contributed by atoms with van der Waals surface area (Å²) < 4.78 is 2.40. The SMILES string of the molecule is CCc1ccc(NC(=O)Cn2c(=O)n(-c3cccc(Cl)c3)c(=O)c3cc(C)sc32)cc1. The highest BCUT2D eigenvalue weighted by molar-refractivity contribution is 7.18. The Hall–Kier alpha value is -3.16. The van der Waals surface area contributed by atoms with Gasteiger partial charge in [-0.25, -0.2) is 9.36 Å². The number of benzene rings is 2. The van der Waals surface area contributed by atoms with Gasteiger partial charge in [0.05, 0.1) is 11.1 Å². The maximum Gasteiger partial charge on any atom is 0.337 e. The Morgan fingerprint density at radius 2 is 1.84 bits per heavy atom. The van der Waals surface area contributed by atoms with Crippen molar-refractivity contribution < 1.29 is 4.79 Å². The highest BCUT2D eigenvalue weighted by atomic mass is 35.5. The lowest BCUT2D eigenvalue weighted by Gasteiger charge is -2.12. The van der Waals surface area contributed by atoms with Crippen LogP contribution >= 0.6 is 22.9 Å². The van der Waals surface area contributed by atoms with Crippen LogP contribution in [-0.2, 0) is 17.8 Å². The number of rotatable bonds is 5. The molecule has 0 aliphatic heterocycles. The third kappa shape index (κ3) is 4.19. The molecule has 0 spiro atoms. The van der Waals surface area contributed by atoms with E-state index in [1.807, 2.05) is 31.2 Å². The molecular formula is C23H20ClN3O3S. The first-order valence-corrected chi connectivity index (χ1v) is 11.0. The summed E-state index contributed by atoms with van der Waals surface area (Å²) >= 11 is 7.38. The van der Waals surface area contributed by atoms with Gasteiger partial charge in [0.15, 0.2) is 0 Å². The lowest BCUT2D eigenvalue weighted by molar-refractivity contribution is -0.116. The van der Waals surface area contributed by atoms with Crippen LogP contribution in [0.3, 0.4) is 0 Å². The zero-order valence-corrected chi connectivity index (χ0v) is 18.6. The number of fused-ring (bicyclic) bond motifs is 1. The predicted octanol–water partition coefficient (Wildman–Crippen LogP) is 4.38. The topological polar surface area (TPSA) is 73.1 Å². The Bertz CT molecular complexity index is 1400. The Labute approximate surface area is 187 Å². The first-order valence-electron chi connectivity index (χ1n) is 9.78. The van der Waals surface area contributed by atoms with E-state index in [-0.39, 0.29) is 12.5 Å². The number of halogens is 1. The summed E-state index contributed by atoms with van der Waals surface area (Å²) in [6.45, 7) is 3.70. The summed E-state index contributed by atoms with van der Waals surface area (Å²) in [6.07, 6.45) is 0.907. The molecule has 2 aromatic heterocycles. The van der Waals surface area contributed by atoms with Crippen molar-refractivity contribution in [2.75, 3.05) is 5.32 Å². The molecule has 0 saturated heterocycles. The molecule has 4 rings (SSSR count). The number of nitrogens with one attached hydrogen (secondary N) is 1. The van der Waals surface area contributed by atoms with Crippen LogP contribution in [0.15, 0.2) is 64.2 Å². The minimum Gasteiger partial charge on any atom is -0.325 e. The zero-order valence-electron chi connectivity index (χ0n) is 17.0. The Balaban J connectivity index is 1.78. The van der Waals surface area contributed by atoms with E-state index in [4.69, 9.17) is 11.6 Å². The molecule has 1 amide bonds. The normalized spacial score (nSPS) is 11.1. The van der Waals surface area contributed by atoms with Crippen molar-refractivity contribution in [2.45, 2.75) is 26.8 Å². The van der Waals surface area contributed by atoms with E-state index >= 15 is 0 Å². The Morgan fingerprint density at radius 3 is 2.52 bits per heavy atom. The van der Waals surface area contributed by atoms with Crippen LogP contribution < -0.4 is 16.6 Å². The van der Waals surface area contributed by atoms with E-state index in [9.17, 15) is 14.4 Å². The Kier molecular flexibility index (Phi) is 5.80. The van der Waals surface area contributed by atoms with Gasteiger partial charge in [0, 0.05) is 15.6 Å². The summed E-state index contributed by atoms with van der Waals surface area (Å²) in [6, 6.07) is 15.8. The number of aryl methyl sites for hydroxylation is 2. The van der Waals surface area contributed by atoms with Gasteiger partial charge in [-0.3, -0.25) is 14.2 Å². The summed E-state index contributed by atoms with van der Waals surface area (Å²) in [5.41, 5.74) is 1.16. The molecule has 0 saturated carbocycles. The number of nitrogens with zero attached hydrogens (tertiary/aromatic N) is 2. The fourth-order valence-corrected chi connectivity index (χ4v) is 4.60. The largest absolute Gasteiger partial charge is 0.337 e. The van der Waals surface area contributed by atoms with Crippen molar-refractivity contribution in [3.8, 4) is 5.69 Å². The van der Waals surface area contributed by atoms with Crippen LogP contribution in [0, 0.1) is 6.92 Å². The molecule has 0 fully saturated rings. The van der Waals surface area contributed by atoms with Gasteiger partial charge in [-0.15, -0.1) is 11.3 Å². The van der Waals surface area contributed by atoms with E-state index in [0.29, 0.717) is 26.6 Å². The quantitative estimate of drug-likeness (QED) is 0.487. The summed E-state index contributed by atoms with van der Waals surface area (Å²) in [4.78, 5) is 40.5. The molecule has 0 aliphatic rings. The van der Waals surface area contributed by atoms with Crippen molar-refractivity contribution in [3.63, 3.8) is 0 Å². The van der Waals surface area contributed by atoms with E-state index in [2.05, 4.69) is 12.2 Å². The van der Waals surface area contributed by atoms with Crippen molar-refractivity contribution in [3.05, 3.63) is 90.9 Å². The number of carbonyl (C=O) groups is 1. The zero-order chi connectivity index (χ0) is 22.1. The molecule has 158 valence electrons. The molecule has 0 bridgehead atoms. The molecule has 6 nitrogen and oxygen atoms in total. The second-order valence-corrected chi connectivity index (χ2v) is 8.83. The molecule has 1 N–H and O–H groups in total. The Morgan fingerprint density at radius 1 is 1.10 bits per heavy atom. The third-order valence-corrected chi connectivity index (χ3v) is 6.26. The summed E-state index contributed by atoms with van der Waals surface area (Å²) in [7, 11) is 0. The summed E-state index contributed by atoms with van der Waals surface area (Å²) in [5.74, 6) is -0.352. The maximum absolute atomic E-state index is 13.3. The van der Waals surface area contributed by atoms with Crippen LogP contribution in [0.2, 0.25) is 5.02 Å². The summed E-state index contributed by atoms with van der Waals surface area (Å²) in [5, 5.41) is 3.62. The number of aromatic nitrogens is 2. The van der Waals surface area contributed by atoms with Crippen LogP contribution in [0.25, 0.3) is 15.9 Å². The van der Waals surface area contributed by atoms with Crippen LogP contribution in [0.4, 0.5) is 5.69 Å². The van der Waals surface area contributed by atoms with Gasteiger partial charge in [0.1, 0.15) is 11.4 Å². The van der Waals surface area contributed by atoms with Crippen LogP contribution in [0.5, 0.6) is 0 Å². The molecule has 2 heterocycles. The van der Waals surface area contributed by atoms with Crippen LogP contribution in [-0.4, -0.2) is 15.0 Å². The molecule has 0 atom stereocenters. The smallest absolute Gasteiger partial charge is 0.325 e. The van der Waals surface area contributed by atoms with E-state index in [1.54, 1.807) is 30.3 Å². The first kappa shape index (κ1) is 21.1. The number of carbonyl (C=O) groups excluding carboxylic acids is 1. The average molecular weight is 454 g/mol. The van der Waals surface area contributed by atoms with Crippen molar-refractivity contribution >= 4 is 44.7 Å². The van der Waals surface area contributed by atoms with E-state index in [1.165, 1.54) is 21.5 Å². The molecule has 0 radical (unpaired) electrons. The van der Waals surface area contributed by atoms with Crippen LogP contribution in [0.1, 0.15) is 17.4 Å². The first-order chi connectivity index (χ1) is 14.9. The molecule has 31 heavy (non-hydrogen) atoms. The highest BCUT2D eigenvalue weighted by Crippen LogP contribution is 2.22. The van der Waals surface area contributed by atoms with Gasteiger partial charge in [-0.1, -0.05) is 36.7 Å². The minimum absolute atomic E-state index is 0.217. The number of anilines is 1. The number of amides is 1. The van der Waals surface area contributed by atoms with Crippen molar-refractivity contribution in [1.29, 1.82) is 0 Å². The molecule has 0 unspecified atom stereocenters. The van der Waals surface area contributed by atoms with Gasteiger partial charge in [0.2, 0.25) is 5.91 Å². The highest BCUT2D eigenvalue weighted by Gasteiger charge is 2.19. The average Bonchev–Trinajstić information content (AvgIpc) is 3.14. The lowest BCUT2D eigenvalue weighted by atomic mass is 10.1. The minimum atomic E-state index is -0.585. The molecule has 0 aliphatic carbocycles. The molecule has 4 aromatic rings. The standard InChI is InChI=1S/C23H20ClN3O3S/c1-3-15-7-9-17(10-8-15)25-20(28)13-26-22-19(11-14(2)31-22)21(29)27(23(26)30)18-6-4-5-16(24)12-18/h4-12H,3,13H2,1-2H3,(H,25,28). The van der Waals surface area contributed by atoms with E-state index < -0.39 is 11.2 Å². The second kappa shape index (κ2) is 8.53. The van der Waals surface area contributed by atoms with E-state index in [0.717, 1.165) is 15.9 Å². The number of hydrogen-bond donors (Lipinski definition) is 1.